The first-order chi connectivity index (χ1) is 16.6. The summed E-state index contributed by atoms with van der Waals surface area (Å²) >= 11 is 0. The molecule has 4 rings (SSSR count). The molecule has 1 atom stereocenters. The Labute approximate surface area is 210 Å². The Balaban J connectivity index is 1.80. The quantitative estimate of drug-likeness (QED) is 0.608. The molecule has 192 valence electrons. The van der Waals surface area contributed by atoms with Crippen LogP contribution in [0.15, 0.2) is 63.1 Å². The van der Waals surface area contributed by atoms with Gasteiger partial charge in [-0.1, -0.05) is 51.1 Å². The van der Waals surface area contributed by atoms with E-state index >= 15 is 0 Å². The van der Waals surface area contributed by atoms with Gasteiger partial charge in [0.1, 0.15) is 37.6 Å². The lowest BCUT2D eigenvalue weighted by Gasteiger charge is -2.35. The number of benzene rings is 2. The van der Waals surface area contributed by atoms with E-state index in [9.17, 15) is 31.1 Å². The van der Waals surface area contributed by atoms with Crippen LogP contribution in [0.25, 0.3) is 0 Å². The third-order valence-electron chi connectivity index (χ3n) is 6.19. The Kier molecular flexibility index (Phi) is 6.37. The van der Waals surface area contributed by atoms with Crippen LogP contribution in [0.1, 0.15) is 37.5 Å². The van der Waals surface area contributed by atoms with Gasteiger partial charge in [0.2, 0.25) is 0 Å². The standard InChI is InChI=1S/C25H27FN2O6S2/c1-25(2,3)23-21(29)19(24(30)28(23)14-15-8-10-17(26)11-9-15)20-18-7-5-6-16(12-13-35(4,31)32)22(18)36(33,34)27-20/h5-11,23,29H,12-14H2,1-4H3/t23-/m1/s1. The molecule has 1 amide bonds. The Bertz CT molecular complexity index is 1520. The monoisotopic (exact) mass is 534 g/mol. The molecule has 0 saturated heterocycles. The van der Waals surface area contributed by atoms with Crippen molar-refractivity contribution >= 4 is 31.5 Å². The van der Waals surface area contributed by atoms with E-state index in [1.165, 1.54) is 41.3 Å². The van der Waals surface area contributed by atoms with Gasteiger partial charge in [-0.05, 0) is 35.1 Å². The minimum absolute atomic E-state index is 0.0374. The van der Waals surface area contributed by atoms with Crippen LogP contribution < -0.4 is 0 Å². The molecular weight excluding hydrogens is 507 g/mol. The maximum atomic E-state index is 13.7. The maximum absolute atomic E-state index is 13.7. The number of sulfonamides is 1. The van der Waals surface area contributed by atoms with Gasteiger partial charge in [-0.25, -0.2) is 12.8 Å². The summed E-state index contributed by atoms with van der Waals surface area (Å²) in [7, 11) is -7.59. The molecule has 1 N–H and O–H groups in total. The van der Waals surface area contributed by atoms with Gasteiger partial charge >= 0.3 is 0 Å². The predicted octanol–water partition coefficient (Wildman–Crippen LogP) is 3.17. The van der Waals surface area contributed by atoms with Crippen molar-refractivity contribution in [1.29, 1.82) is 0 Å². The summed E-state index contributed by atoms with van der Waals surface area (Å²) in [5.74, 6) is -1.56. The zero-order valence-electron chi connectivity index (χ0n) is 20.3. The van der Waals surface area contributed by atoms with Crippen molar-refractivity contribution in [2.45, 2.75) is 44.7 Å². The summed E-state index contributed by atoms with van der Waals surface area (Å²) in [4.78, 5) is 15.0. The number of hydrogen-bond acceptors (Lipinski definition) is 6. The highest BCUT2D eigenvalue weighted by molar-refractivity contribution is 7.91. The largest absolute Gasteiger partial charge is 0.509 e. The number of nitrogens with zero attached hydrogens (tertiary/aromatic N) is 2. The minimum Gasteiger partial charge on any atom is -0.509 e. The molecule has 2 aliphatic rings. The number of aliphatic hydroxyl groups is 1. The number of aliphatic hydroxyl groups excluding tert-OH is 1. The average molecular weight is 535 g/mol. The number of amides is 1. The molecule has 0 saturated carbocycles. The molecule has 0 unspecified atom stereocenters. The summed E-state index contributed by atoms with van der Waals surface area (Å²) < 4.78 is 66.7. The average Bonchev–Trinajstić information content (AvgIpc) is 3.17. The van der Waals surface area contributed by atoms with Gasteiger partial charge in [0.15, 0.2) is 0 Å². The molecule has 2 heterocycles. The van der Waals surface area contributed by atoms with E-state index < -0.39 is 43.0 Å². The fraction of sp³-hybridized carbons (Fsp3) is 0.360. The first kappa shape index (κ1) is 26.0. The molecule has 0 fully saturated rings. The molecule has 2 aromatic carbocycles. The minimum atomic E-state index is -4.24. The summed E-state index contributed by atoms with van der Waals surface area (Å²) in [6.07, 6.45) is 1.03. The number of carbonyl (C=O) groups is 1. The summed E-state index contributed by atoms with van der Waals surface area (Å²) in [5.41, 5.74) is 0.0614. The Morgan fingerprint density at radius 3 is 2.33 bits per heavy atom. The van der Waals surface area contributed by atoms with E-state index in [2.05, 4.69) is 4.40 Å². The topological polar surface area (TPSA) is 121 Å². The van der Waals surface area contributed by atoms with Crippen LogP contribution in [-0.2, 0) is 37.6 Å². The lowest BCUT2D eigenvalue weighted by molar-refractivity contribution is -0.129. The van der Waals surface area contributed by atoms with Gasteiger partial charge < -0.3 is 10.0 Å². The Morgan fingerprint density at radius 1 is 1.11 bits per heavy atom. The van der Waals surface area contributed by atoms with E-state index in [-0.39, 0.29) is 51.8 Å². The van der Waals surface area contributed by atoms with E-state index in [4.69, 9.17) is 0 Å². The molecule has 8 nitrogen and oxygen atoms in total. The van der Waals surface area contributed by atoms with Gasteiger partial charge in [0.05, 0.1) is 11.8 Å². The van der Waals surface area contributed by atoms with Crippen molar-refractivity contribution in [3.8, 4) is 0 Å². The van der Waals surface area contributed by atoms with Crippen LogP contribution >= 0.6 is 0 Å². The smallest absolute Gasteiger partial charge is 0.283 e. The van der Waals surface area contributed by atoms with Crippen molar-refractivity contribution in [2.24, 2.45) is 9.81 Å². The zero-order chi connectivity index (χ0) is 26.6. The Morgan fingerprint density at radius 2 is 1.75 bits per heavy atom. The van der Waals surface area contributed by atoms with Crippen molar-refractivity contribution in [3.63, 3.8) is 0 Å². The number of rotatable bonds is 6. The van der Waals surface area contributed by atoms with Gasteiger partial charge in [0.25, 0.3) is 15.9 Å². The predicted molar refractivity (Wildman–Crippen MR) is 133 cm³/mol. The fourth-order valence-electron chi connectivity index (χ4n) is 4.67. The lowest BCUT2D eigenvalue weighted by Crippen LogP contribution is -2.43. The number of hydrogen-bond donors (Lipinski definition) is 1. The van der Waals surface area contributed by atoms with Crippen molar-refractivity contribution in [3.05, 3.63) is 76.3 Å². The van der Waals surface area contributed by atoms with Crippen LogP contribution in [0.5, 0.6) is 0 Å². The first-order valence-corrected chi connectivity index (χ1v) is 14.7. The number of fused-ring (bicyclic) bond motifs is 1. The highest BCUT2D eigenvalue weighted by Gasteiger charge is 2.49. The summed E-state index contributed by atoms with van der Waals surface area (Å²) in [6.45, 7) is 5.58. The molecule has 0 radical (unpaired) electrons. The third kappa shape index (κ3) is 4.81. The SMILES string of the molecule is CC(C)(C)[C@H]1C(O)=C(C2=NS(=O)(=O)c3c(CCS(C)(=O)=O)cccc32)C(=O)N1Cc1ccc(F)cc1. The maximum Gasteiger partial charge on any atom is 0.283 e. The van der Waals surface area contributed by atoms with Crippen LogP contribution in [0.4, 0.5) is 4.39 Å². The van der Waals surface area contributed by atoms with E-state index in [1.807, 2.05) is 20.8 Å². The molecule has 36 heavy (non-hydrogen) atoms. The first-order valence-electron chi connectivity index (χ1n) is 11.2. The second-order valence-electron chi connectivity index (χ2n) is 10.2. The molecule has 2 aromatic rings. The molecule has 11 heteroatoms. The van der Waals surface area contributed by atoms with Gasteiger partial charge in [-0.2, -0.15) is 12.8 Å². The van der Waals surface area contributed by atoms with Gasteiger partial charge in [-0.3, -0.25) is 4.79 Å². The second-order valence-corrected chi connectivity index (χ2v) is 14.0. The van der Waals surface area contributed by atoms with Crippen LogP contribution in [0.3, 0.4) is 0 Å². The summed E-state index contributed by atoms with van der Waals surface area (Å²) in [6, 6.07) is 9.43. The lowest BCUT2D eigenvalue weighted by atomic mass is 9.84. The molecule has 0 spiro atoms. The third-order valence-corrected chi connectivity index (χ3v) is 8.55. The highest BCUT2D eigenvalue weighted by atomic mass is 32.2. The second kappa shape index (κ2) is 8.81. The highest BCUT2D eigenvalue weighted by Crippen LogP contribution is 2.41. The van der Waals surface area contributed by atoms with Crippen molar-refractivity contribution < 1.29 is 31.1 Å². The number of aryl methyl sites for hydroxylation is 1. The van der Waals surface area contributed by atoms with E-state index in [1.54, 1.807) is 6.07 Å². The fourth-order valence-corrected chi connectivity index (χ4v) is 6.72. The Hall–Kier alpha value is -3.05. The van der Waals surface area contributed by atoms with Crippen LogP contribution in [-0.4, -0.2) is 56.5 Å². The van der Waals surface area contributed by atoms with Crippen LogP contribution in [0, 0.1) is 11.2 Å². The van der Waals surface area contributed by atoms with E-state index in [0.29, 0.717) is 5.56 Å². The van der Waals surface area contributed by atoms with Crippen molar-refractivity contribution in [1.82, 2.24) is 4.90 Å². The van der Waals surface area contributed by atoms with E-state index in [0.717, 1.165) is 6.26 Å². The normalized spacial score (nSPS) is 19.6. The molecule has 0 bridgehead atoms. The number of carbonyl (C=O) groups excluding carboxylic acids is 1. The van der Waals surface area contributed by atoms with Gasteiger partial charge in [0, 0.05) is 18.4 Å². The number of sulfone groups is 1. The summed E-state index contributed by atoms with van der Waals surface area (Å²) in [5, 5.41) is 11.3. The van der Waals surface area contributed by atoms with Gasteiger partial charge in [-0.15, -0.1) is 0 Å². The zero-order valence-corrected chi connectivity index (χ0v) is 22.0. The molecular formula is C25H27FN2O6S2. The number of halogens is 1. The molecule has 2 aliphatic heterocycles. The molecule has 0 aliphatic carbocycles. The van der Waals surface area contributed by atoms with Crippen LogP contribution in [0.2, 0.25) is 0 Å². The molecule has 0 aromatic heterocycles. The van der Waals surface area contributed by atoms with Crippen molar-refractivity contribution in [2.75, 3.05) is 12.0 Å².